The molecule has 110 valence electrons. The van der Waals surface area contributed by atoms with E-state index in [9.17, 15) is 14.7 Å². The molecule has 1 aliphatic rings. The van der Waals surface area contributed by atoms with Crippen LogP contribution in [0.5, 0.6) is 0 Å². The molecule has 21 heavy (non-hydrogen) atoms. The number of hydrogen-bond acceptors (Lipinski definition) is 3. The molecule has 0 spiro atoms. The molecule has 6 heteroatoms. The standard InChI is InChI=1S/C15H17N3O3/c1-9-4-5-18-8-12(16-13(18)6-9)14(19)17-11(15(20)21)7-10-2-3-10/h4-6,8,10-11H,2-3,7H2,1H3,(H,17,19)(H,20,21). The molecule has 0 saturated heterocycles. The van der Waals surface area contributed by atoms with Crippen molar-refractivity contribution in [2.45, 2.75) is 32.2 Å². The first-order valence-electron chi connectivity index (χ1n) is 7.02. The summed E-state index contributed by atoms with van der Waals surface area (Å²) in [5.74, 6) is -1.01. The van der Waals surface area contributed by atoms with E-state index in [1.165, 1.54) is 0 Å². The quantitative estimate of drug-likeness (QED) is 0.875. The number of imidazole rings is 1. The fourth-order valence-electron chi connectivity index (χ4n) is 2.33. The number of amides is 1. The molecule has 2 aromatic heterocycles. The molecular weight excluding hydrogens is 270 g/mol. The van der Waals surface area contributed by atoms with Gasteiger partial charge in [0.2, 0.25) is 0 Å². The molecule has 0 bridgehead atoms. The monoisotopic (exact) mass is 287 g/mol. The first kappa shape index (κ1) is 13.6. The van der Waals surface area contributed by atoms with Crippen LogP contribution in [-0.2, 0) is 4.79 Å². The van der Waals surface area contributed by atoms with Crippen LogP contribution in [0.1, 0.15) is 35.3 Å². The van der Waals surface area contributed by atoms with Gasteiger partial charge < -0.3 is 14.8 Å². The van der Waals surface area contributed by atoms with E-state index in [-0.39, 0.29) is 5.69 Å². The van der Waals surface area contributed by atoms with Crippen molar-refractivity contribution in [3.8, 4) is 0 Å². The van der Waals surface area contributed by atoms with Gasteiger partial charge in [0, 0.05) is 12.4 Å². The molecule has 1 unspecified atom stereocenters. The summed E-state index contributed by atoms with van der Waals surface area (Å²) in [6.07, 6.45) is 6.03. The Morgan fingerprint density at radius 3 is 2.95 bits per heavy atom. The Morgan fingerprint density at radius 1 is 1.52 bits per heavy atom. The molecule has 6 nitrogen and oxygen atoms in total. The van der Waals surface area contributed by atoms with Gasteiger partial charge in [0.15, 0.2) is 0 Å². The highest BCUT2D eigenvalue weighted by Gasteiger charge is 2.30. The molecule has 0 radical (unpaired) electrons. The topological polar surface area (TPSA) is 83.7 Å². The summed E-state index contributed by atoms with van der Waals surface area (Å²) in [6, 6.07) is 2.95. The number of fused-ring (bicyclic) bond motifs is 1. The van der Waals surface area contributed by atoms with E-state index in [0.717, 1.165) is 18.4 Å². The zero-order chi connectivity index (χ0) is 15.0. The minimum atomic E-state index is -0.991. The number of pyridine rings is 1. The first-order chi connectivity index (χ1) is 10.0. The molecule has 1 saturated carbocycles. The van der Waals surface area contributed by atoms with E-state index in [0.29, 0.717) is 18.0 Å². The zero-order valence-corrected chi connectivity index (χ0v) is 11.7. The molecule has 2 aromatic rings. The fourth-order valence-corrected chi connectivity index (χ4v) is 2.33. The smallest absolute Gasteiger partial charge is 0.326 e. The Morgan fingerprint density at radius 2 is 2.29 bits per heavy atom. The summed E-state index contributed by atoms with van der Waals surface area (Å²) in [5, 5.41) is 11.7. The summed E-state index contributed by atoms with van der Waals surface area (Å²) in [5.41, 5.74) is 1.97. The maximum absolute atomic E-state index is 12.2. The Kier molecular flexibility index (Phi) is 3.37. The normalized spacial score (nSPS) is 15.9. The highest BCUT2D eigenvalue weighted by Crippen LogP contribution is 2.33. The first-order valence-corrected chi connectivity index (χ1v) is 7.02. The number of carbonyl (C=O) groups excluding carboxylic acids is 1. The van der Waals surface area contributed by atoms with E-state index in [1.807, 2.05) is 25.3 Å². The summed E-state index contributed by atoms with van der Waals surface area (Å²) in [4.78, 5) is 27.6. The maximum atomic E-state index is 12.2. The second-order valence-corrected chi connectivity index (χ2v) is 5.64. The summed E-state index contributed by atoms with van der Waals surface area (Å²) >= 11 is 0. The number of carboxylic acids is 1. The van der Waals surface area contributed by atoms with Gasteiger partial charge in [0.05, 0.1) is 0 Å². The van der Waals surface area contributed by atoms with E-state index in [4.69, 9.17) is 0 Å². The summed E-state index contributed by atoms with van der Waals surface area (Å²) in [6.45, 7) is 1.95. The van der Waals surface area contributed by atoms with Crippen LogP contribution in [-0.4, -0.2) is 32.4 Å². The van der Waals surface area contributed by atoms with Crippen molar-refractivity contribution >= 4 is 17.5 Å². The van der Waals surface area contributed by atoms with Crippen LogP contribution in [0.4, 0.5) is 0 Å². The van der Waals surface area contributed by atoms with E-state index in [1.54, 1.807) is 10.6 Å². The number of nitrogens with one attached hydrogen (secondary N) is 1. The lowest BCUT2D eigenvalue weighted by molar-refractivity contribution is -0.139. The van der Waals surface area contributed by atoms with Gasteiger partial charge in [-0.05, 0) is 37.0 Å². The number of carbonyl (C=O) groups is 2. The number of aliphatic carboxylic acids is 1. The number of carboxylic acid groups (broad SMARTS) is 1. The molecule has 3 rings (SSSR count). The lowest BCUT2D eigenvalue weighted by Gasteiger charge is -2.12. The van der Waals surface area contributed by atoms with Crippen molar-refractivity contribution in [2.75, 3.05) is 0 Å². The van der Waals surface area contributed by atoms with Crippen molar-refractivity contribution < 1.29 is 14.7 Å². The summed E-state index contributed by atoms with van der Waals surface area (Å²) < 4.78 is 1.75. The predicted molar refractivity (Wildman–Crippen MR) is 76.2 cm³/mol. The molecule has 0 aromatic carbocycles. The second-order valence-electron chi connectivity index (χ2n) is 5.64. The van der Waals surface area contributed by atoms with Crippen molar-refractivity contribution in [1.29, 1.82) is 0 Å². The largest absolute Gasteiger partial charge is 0.480 e. The van der Waals surface area contributed by atoms with E-state index < -0.39 is 17.9 Å². The number of nitrogens with zero attached hydrogens (tertiary/aromatic N) is 2. The van der Waals surface area contributed by atoms with Crippen LogP contribution in [0.2, 0.25) is 0 Å². The van der Waals surface area contributed by atoms with Gasteiger partial charge in [0.25, 0.3) is 5.91 Å². The number of hydrogen-bond donors (Lipinski definition) is 2. The van der Waals surface area contributed by atoms with Gasteiger partial charge in [-0.15, -0.1) is 0 Å². The van der Waals surface area contributed by atoms with Gasteiger partial charge in [-0.25, -0.2) is 9.78 Å². The SMILES string of the molecule is Cc1ccn2cc(C(=O)NC(CC3CC3)C(=O)O)nc2c1. The van der Waals surface area contributed by atoms with Gasteiger partial charge >= 0.3 is 5.97 Å². The fraction of sp³-hybridized carbons (Fsp3) is 0.400. The third-order valence-electron chi connectivity index (χ3n) is 3.72. The highest BCUT2D eigenvalue weighted by atomic mass is 16.4. The third kappa shape index (κ3) is 3.04. The Hall–Kier alpha value is -2.37. The Labute approximate surface area is 121 Å². The van der Waals surface area contributed by atoms with E-state index in [2.05, 4.69) is 10.3 Å². The number of rotatable bonds is 5. The molecular formula is C15H17N3O3. The number of aromatic nitrogens is 2. The molecule has 2 heterocycles. The average molecular weight is 287 g/mol. The Balaban J connectivity index is 1.77. The van der Waals surface area contributed by atoms with Crippen LogP contribution in [0.15, 0.2) is 24.5 Å². The van der Waals surface area contributed by atoms with Crippen LogP contribution in [0, 0.1) is 12.8 Å². The third-order valence-corrected chi connectivity index (χ3v) is 3.72. The molecule has 1 fully saturated rings. The molecule has 1 atom stereocenters. The van der Waals surface area contributed by atoms with Crippen LogP contribution in [0.25, 0.3) is 5.65 Å². The zero-order valence-electron chi connectivity index (χ0n) is 11.7. The van der Waals surface area contributed by atoms with Crippen molar-refractivity contribution in [1.82, 2.24) is 14.7 Å². The predicted octanol–water partition coefficient (Wildman–Crippen LogP) is 1.63. The van der Waals surface area contributed by atoms with Crippen molar-refractivity contribution in [2.24, 2.45) is 5.92 Å². The highest BCUT2D eigenvalue weighted by molar-refractivity contribution is 5.95. The minimum Gasteiger partial charge on any atom is -0.480 e. The van der Waals surface area contributed by atoms with Crippen LogP contribution < -0.4 is 5.32 Å². The van der Waals surface area contributed by atoms with E-state index >= 15 is 0 Å². The molecule has 1 amide bonds. The van der Waals surface area contributed by atoms with Crippen LogP contribution in [0.3, 0.4) is 0 Å². The average Bonchev–Trinajstić information content (AvgIpc) is 3.14. The van der Waals surface area contributed by atoms with Crippen molar-refractivity contribution in [3.05, 3.63) is 35.8 Å². The van der Waals surface area contributed by atoms with Gasteiger partial charge in [-0.3, -0.25) is 4.79 Å². The lowest BCUT2D eigenvalue weighted by Crippen LogP contribution is -2.41. The van der Waals surface area contributed by atoms with Gasteiger partial charge in [0.1, 0.15) is 17.4 Å². The minimum absolute atomic E-state index is 0.239. The molecule has 1 aliphatic carbocycles. The number of aryl methyl sites for hydroxylation is 1. The van der Waals surface area contributed by atoms with Crippen LogP contribution >= 0.6 is 0 Å². The molecule has 2 N–H and O–H groups in total. The Bertz CT molecular complexity index is 703. The van der Waals surface area contributed by atoms with Gasteiger partial charge in [-0.1, -0.05) is 12.8 Å². The van der Waals surface area contributed by atoms with Gasteiger partial charge in [-0.2, -0.15) is 0 Å². The molecule has 0 aliphatic heterocycles. The second kappa shape index (κ2) is 5.20. The summed E-state index contributed by atoms with van der Waals surface area (Å²) in [7, 11) is 0. The maximum Gasteiger partial charge on any atom is 0.326 e. The van der Waals surface area contributed by atoms with Crippen molar-refractivity contribution in [3.63, 3.8) is 0 Å². The lowest BCUT2D eigenvalue weighted by atomic mass is 10.1.